The number of hydrogen-bond acceptors (Lipinski definition) is 4. The number of piperidine rings is 1. The Morgan fingerprint density at radius 3 is 2.76 bits per heavy atom. The van der Waals surface area contributed by atoms with Crippen molar-refractivity contribution >= 4 is 6.03 Å². The molecule has 3 rings (SSSR count). The quantitative estimate of drug-likeness (QED) is 0.826. The van der Waals surface area contributed by atoms with Gasteiger partial charge in [0.1, 0.15) is 11.9 Å². The number of rotatable bonds is 6. The van der Waals surface area contributed by atoms with E-state index >= 15 is 0 Å². The fourth-order valence-electron chi connectivity index (χ4n) is 3.48. The zero-order valence-electron chi connectivity index (χ0n) is 14.9. The molecule has 1 aliphatic heterocycles. The highest BCUT2D eigenvalue weighted by atomic mass is 16.5. The second kappa shape index (κ2) is 8.54. The number of likely N-dealkylation sites (tertiary alicyclic amines) is 1. The number of nitrogens with zero attached hydrogens (tertiary/aromatic N) is 1. The number of para-hydroxylation sites is 1. The first kappa shape index (κ1) is 18.0. The lowest BCUT2D eigenvalue weighted by molar-refractivity contribution is -0.0785. The zero-order chi connectivity index (χ0) is 17.6. The van der Waals surface area contributed by atoms with Crippen LogP contribution in [-0.4, -0.2) is 54.9 Å². The third kappa shape index (κ3) is 4.64. The van der Waals surface area contributed by atoms with Crippen molar-refractivity contribution in [3.63, 3.8) is 0 Å². The zero-order valence-corrected chi connectivity index (χ0v) is 14.9. The number of benzene rings is 1. The lowest BCUT2D eigenvalue weighted by atomic mass is 9.91. The van der Waals surface area contributed by atoms with Crippen LogP contribution < -0.4 is 15.8 Å². The average molecular weight is 347 g/mol. The number of hydrogen-bond donors (Lipinski definition) is 2. The Balaban J connectivity index is 1.43. The van der Waals surface area contributed by atoms with Crippen LogP contribution in [0.5, 0.6) is 5.75 Å². The summed E-state index contributed by atoms with van der Waals surface area (Å²) in [5, 5.41) is 2.87. The Bertz CT molecular complexity index is 548. The minimum absolute atomic E-state index is 0.0206. The van der Waals surface area contributed by atoms with E-state index in [2.05, 4.69) is 5.32 Å². The monoisotopic (exact) mass is 347 g/mol. The highest BCUT2D eigenvalue weighted by Crippen LogP contribution is 2.29. The molecule has 2 amide bonds. The van der Waals surface area contributed by atoms with E-state index in [-0.39, 0.29) is 30.3 Å². The van der Waals surface area contributed by atoms with Gasteiger partial charge in [-0.25, -0.2) is 4.79 Å². The molecule has 0 spiro atoms. The second-order valence-corrected chi connectivity index (χ2v) is 6.88. The van der Waals surface area contributed by atoms with Gasteiger partial charge >= 0.3 is 6.03 Å². The number of urea groups is 1. The molecule has 1 aromatic rings. The Kier molecular flexibility index (Phi) is 6.15. The van der Waals surface area contributed by atoms with Crippen LogP contribution in [0, 0.1) is 0 Å². The molecule has 2 aliphatic rings. The summed E-state index contributed by atoms with van der Waals surface area (Å²) >= 11 is 0. The maximum absolute atomic E-state index is 12.2. The number of ether oxygens (including phenoxy) is 2. The van der Waals surface area contributed by atoms with Crippen LogP contribution in [0.3, 0.4) is 0 Å². The van der Waals surface area contributed by atoms with E-state index in [1.54, 1.807) is 0 Å². The smallest absolute Gasteiger partial charge is 0.317 e. The van der Waals surface area contributed by atoms with Crippen molar-refractivity contribution in [2.45, 2.75) is 56.9 Å². The summed E-state index contributed by atoms with van der Waals surface area (Å²) in [4.78, 5) is 14.1. The topological polar surface area (TPSA) is 76.8 Å². The van der Waals surface area contributed by atoms with Crippen molar-refractivity contribution in [2.75, 3.05) is 19.7 Å². The van der Waals surface area contributed by atoms with Gasteiger partial charge in [0.05, 0.1) is 18.8 Å². The molecule has 1 aliphatic carbocycles. The minimum Gasteiger partial charge on any atom is -0.490 e. The second-order valence-electron chi connectivity index (χ2n) is 6.88. The molecule has 6 nitrogen and oxygen atoms in total. The number of nitrogens with one attached hydrogen (secondary N) is 1. The van der Waals surface area contributed by atoms with Crippen molar-refractivity contribution < 1.29 is 14.3 Å². The van der Waals surface area contributed by atoms with Crippen LogP contribution in [0.25, 0.3) is 0 Å². The molecule has 0 aromatic heterocycles. The summed E-state index contributed by atoms with van der Waals surface area (Å²) < 4.78 is 11.9. The lowest BCUT2D eigenvalue weighted by Crippen LogP contribution is -2.59. The molecule has 1 heterocycles. The van der Waals surface area contributed by atoms with Crippen molar-refractivity contribution in [1.82, 2.24) is 10.2 Å². The first-order valence-electron chi connectivity index (χ1n) is 9.30. The van der Waals surface area contributed by atoms with Gasteiger partial charge in [-0.05, 0) is 31.9 Å². The van der Waals surface area contributed by atoms with Gasteiger partial charge in [-0.1, -0.05) is 18.2 Å². The van der Waals surface area contributed by atoms with E-state index in [4.69, 9.17) is 15.2 Å². The summed E-state index contributed by atoms with van der Waals surface area (Å²) in [6.07, 6.45) is 4.07. The van der Waals surface area contributed by atoms with Gasteiger partial charge in [0.25, 0.3) is 0 Å². The molecule has 3 N–H and O–H groups in total. The average Bonchev–Trinajstić information content (AvgIpc) is 2.58. The van der Waals surface area contributed by atoms with Gasteiger partial charge in [-0.15, -0.1) is 0 Å². The van der Waals surface area contributed by atoms with E-state index in [0.717, 1.165) is 38.0 Å². The van der Waals surface area contributed by atoms with Crippen molar-refractivity contribution in [3.05, 3.63) is 30.3 Å². The summed E-state index contributed by atoms with van der Waals surface area (Å²) in [5.41, 5.74) is 6.25. The predicted molar refractivity (Wildman–Crippen MR) is 96.6 cm³/mol. The van der Waals surface area contributed by atoms with E-state index < -0.39 is 0 Å². The fraction of sp³-hybridized carbons (Fsp3) is 0.632. The molecule has 0 bridgehead atoms. The largest absolute Gasteiger partial charge is 0.490 e. The summed E-state index contributed by atoms with van der Waals surface area (Å²) in [6, 6.07) is 9.77. The number of amides is 2. The third-order valence-corrected chi connectivity index (χ3v) is 5.02. The highest BCUT2D eigenvalue weighted by Gasteiger charge is 2.36. The SMILES string of the molecule is CCNC(=O)N1CCCC(N)C1COC1CC(Oc2ccccc2)C1. The van der Waals surface area contributed by atoms with Crippen molar-refractivity contribution in [1.29, 1.82) is 0 Å². The summed E-state index contributed by atoms with van der Waals surface area (Å²) in [6.45, 7) is 3.80. The number of nitrogens with two attached hydrogens (primary N) is 1. The van der Waals surface area contributed by atoms with Crippen LogP contribution in [0.4, 0.5) is 4.79 Å². The van der Waals surface area contributed by atoms with Crippen LogP contribution in [0.2, 0.25) is 0 Å². The Labute approximate surface area is 149 Å². The summed E-state index contributed by atoms with van der Waals surface area (Å²) in [7, 11) is 0. The molecule has 2 unspecified atom stereocenters. The molecule has 1 saturated carbocycles. The normalized spacial score (nSPS) is 29.0. The van der Waals surface area contributed by atoms with Crippen molar-refractivity contribution in [3.8, 4) is 5.75 Å². The fourth-order valence-corrected chi connectivity index (χ4v) is 3.48. The predicted octanol–water partition coefficient (Wildman–Crippen LogP) is 2.13. The first-order valence-corrected chi connectivity index (χ1v) is 9.30. The molecule has 25 heavy (non-hydrogen) atoms. The molecule has 2 fully saturated rings. The van der Waals surface area contributed by atoms with Gasteiger partial charge in [-0.3, -0.25) is 0 Å². The van der Waals surface area contributed by atoms with Crippen LogP contribution in [-0.2, 0) is 4.74 Å². The van der Waals surface area contributed by atoms with E-state index in [1.807, 2.05) is 42.2 Å². The first-order chi connectivity index (χ1) is 12.2. The lowest BCUT2D eigenvalue weighted by Gasteiger charge is -2.42. The van der Waals surface area contributed by atoms with Gasteiger partial charge in [0.2, 0.25) is 0 Å². The molecule has 1 aromatic carbocycles. The molecule has 6 heteroatoms. The maximum atomic E-state index is 12.2. The molecule has 2 atom stereocenters. The van der Waals surface area contributed by atoms with Gasteiger partial charge < -0.3 is 25.4 Å². The highest BCUT2D eigenvalue weighted by molar-refractivity contribution is 5.74. The van der Waals surface area contributed by atoms with Crippen molar-refractivity contribution in [2.24, 2.45) is 5.73 Å². The number of carbonyl (C=O) groups excluding carboxylic acids is 1. The Morgan fingerprint density at radius 2 is 2.04 bits per heavy atom. The van der Waals surface area contributed by atoms with Crippen LogP contribution in [0.15, 0.2) is 30.3 Å². The Hall–Kier alpha value is -1.79. The van der Waals surface area contributed by atoms with E-state index in [0.29, 0.717) is 13.2 Å². The van der Waals surface area contributed by atoms with Gasteiger partial charge in [0.15, 0.2) is 0 Å². The van der Waals surface area contributed by atoms with Crippen LogP contribution in [0.1, 0.15) is 32.6 Å². The van der Waals surface area contributed by atoms with Gasteiger partial charge in [-0.2, -0.15) is 0 Å². The molecular weight excluding hydrogens is 318 g/mol. The minimum atomic E-state index is -0.0469. The number of carbonyl (C=O) groups is 1. The Morgan fingerprint density at radius 1 is 1.28 bits per heavy atom. The molecule has 0 radical (unpaired) electrons. The standard InChI is InChI=1S/C19H29N3O3/c1-2-21-19(23)22-10-6-9-17(20)18(22)13-24-15-11-16(12-15)25-14-7-4-3-5-8-14/h3-5,7-8,15-18H,2,6,9-13,20H2,1H3,(H,21,23). The molecule has 1 saturated heterocycles. The molecular formula is C19H29N3O3. The maximum Gasteiger partial charge on any atom is 0.317 e. The van der Waals surface area contributed by atoms with E-state index in [9.17, 15) is 4.79 Å². The summed E-state index contributed by atoms with van der Waals surface area (Å²) in [5.74, 6) is 0.905. The van der Waals surface area contributed by atoms with Crippen LogP contribution >= 0.6 is 0 Å². The third-order valence-electron chi connectivity index (χ3n) is 5.02. The molecule has 138 valence electrons. The van der Waals surface area contributed by atoms with E-state index in [1.165, 1.54) is 0 Å². The van der Waals surface area contributed by atoms with Gasteiger partial charge in [0, 0.05) is 32.0 Å².